The second-order valence-electron chi connectivity index (χ2n) is 8.74. The molecule has 0 radical (unpaired) electrons. The molecule has 0 saturated carbocycles. The fourth-order valence-corrected chi connectivity index (χ4v) is 4.59. The van der Waals surface area contributed by atoms with Crippen LogP contribution in [0.15, 0.2) is 35.5 Å². The lowest BCUT2D eigenvalue weighted by Gasteiger charge is -2.36. The van der Waals surface area contributed by atoms with Crippen LogP contribution in [0.25, 0.3) is 0 Å². The van der Waals surface area contributed by atoms with Gasteiger partial charge in [0, 0.05) is 24.4 Å². The van der Waals surface area contributed by atoms with Gasteiger partial charge in [-0.15, -0.1) is 0 Å². The number of hydrogen-bond donors (Lipinski definition) is 0. The Bertz CT molecular complexity index is 821. The van der Waals surface area contributed by atoms with E-state index in [0.717, 1.165) is 48.1 Å². The van der Waals surface area contributed by atoms with Gasteiger partial charge in [0.05, 0.1) is 24.1 Å². The molecule has 1 atom stereocenters. The lowest BCUT2D eigenvalue weighted by Crippen LogP contribution is -2.46. The molecule has 1 fully saturated rings. The van der Waals surface area contributed by atoms with Crippen molar-refractivity contribution in [1.82, 2.24) is 14.5 Å². The molecule has 2 heterocycles. The van der Waals surface area contributed by atoms with Crippen molar-refractivity contribution >= 4 is 17.7 Å². The summed E-state index contributed by atoms with van der Waals surface area (Å²) in [5.74, 6) is 0.513. The molecule has 2 aromatic rings. The summed E-state index contributed by atoms with van der Waals surface area (Å²) < 4.78 is 8.04. The fraction of sp³-hybridized carbons (Fsp3) is 0.565. The minimum Gasteiger partial charge on any atom is -0.376 e. The Labute approximate surface area is 178 Å². The quantitative estimate of drug-likeness (QED) is 0.620. The van der Waals surface area contributed by atoms with E-state index in [9.17, 15) is 4.79 Å². The largest absolute Gasteiger partial charge is 0.376 e. The molecular weight excluding hydrogens is 382 g/mol. The molecule has 158 valence electrons. The average Bonchev–Trinajstić information content (AvgIpc) is 3.28. The second-order valence-corrected chi connectivity index (χ2v) is 9.68. The van der Waals surface area contributed by atoms with Crippen LogP contribution in [-0.4, -0.2) is 44.4 Å². The van der Waals surface area contributed by atoms with Gasteiger partial charge in [-0.1, -0.05) is 42.1 Å². The Morgan fingerprint density at radius 1 is 1.28 bits per heavy atom. The van der Waals surface area contributed by atoms with Crippen LogP contribution >= 0.6 is 11.8 Å². The Kier molecular flexibility index (Phi) is 7.06. The molecular formula is C23H33N3O2S. The summed E-state index contributed by atoms with van der Waals surface area (Å²) in [7, 11) is 0. The highest BCUT2D eigenvalue weighted by Crippen LogP contribution is 2.26. The van der Waals surface area contributed by atoms with Gasteiger partial charge in [0.15, 0.2) is 5.16 Å². The lowest BCUT2D eigenvalue weighted by molar-refractivity contribution is -0.133. The minimum atomic E-state index is -0.244. The molecule has 1 amide bonds. The molecule has 0 aliphatic carbocycles. The van der Waals surface area contributed by atoms with E-state index in [-0.39, 0.29) is 17.6 Å². The summed E-state index contributed by atoms with van der Waals surface area (Å²) in [6, 6.07) is 10.2. The molecule has 1 saturated heterocycles. The van der Waals surface area contributed by atoms with E-state index in [1.54, 1.807) is 0 Å². The molecule has 0 spiro atoms. The van der Waals surface area contributed by atoms with Crippen molar-refractivity contribution in [2.45, 2.75) is 77.3 Å². The third-order valence-electron chi connectivity index (χ3n) is 5.45. The molecule has 0 N–H and O–H groups in total. The maximum absolute atomic E-state index is 13.2. The standard InChI is InChI=1S/C23H33N3O2S/c1-17-18(2)25(15-20-12-9-13-28-20)22(24-17)29-16-21(27)26(23(3,4)5)14-19-10-7-6-8-11-19/h6-8,10-11,20H,9,12-16H2,1-5H3. The molecule has 5 nitrogen and oxygen atoms in total. The van der Waals surface area contributed by atoms with E-state index in [0.29, 0.717) is 12.3 Å². The number of thioether (sulfide) groups is 1. The van der Waals surface area contributed by atoms with E-state index in [1.807, 2.05) is 30.0 Å². The molecule has 3 rings (SSSR count). The predicted octanol–water partition coefficient (Wildman–Crippen LogP) is 4.60. The average molecular weight is 416 g/mol. The molecule has 1 aromatic carbocycles. The van der Waals surface area contributed by atoms with Gasteiger partial charge < -0.3 is 14.2 Å². The SMILES string of the molecule is Cc1nc(SCC(=O)N(Cc2ccccc2)C(C)(C)C)n(CC2CCCO2)c1C. The maximum Gasteiger partial charge on any atom is 0.233 e. The van der Waals surface area contributed by atoms with Gasteiger partial charge >= 0.3 is 0 Å². The zero-order valence-corrected chi connectivity index (χ0v) is 19.1. The number of rotatable bonds is 7. The number of aromatic nitrogens is 2. The van der Waals surface area contributed by atoms with E-state index in [4.69, 9.17) is 9.72 Å². The zero-order chi connectivity index (χ0) is 21.0. The first-order chi connectivity index (χ1) is 13.8. The highest BCUT2D eigenvalue weighted by Gasteiger charge is 2.27. The summed E-state index contributed by atoms with van der Waals surface area (Å²) in [6.45, 7) is 12.7. The van der Waals surface area contributed by atoms with Crippen molar-refractivity contribution in [3.05, 3.63) is 47.3 Å². The monoisotopic (exact) mass is 415 g/mol. The Morgan fingerprint density at radius 2 is 2.00 bits per heavy atom. The normalized spacial score (nSPS) is 16.9. The van der Waals surface area contributed by atoms with E-state index in [2.05, 4.69) is 44.4 Å². The predicted molar refractivity (Wildman–Crippen MR) is 118 cm³/mol. The number of benzene rings is 1. The minimum absolute atomic E-state index is 0.133. The van der Waals surface area contributed by atoms with Gasteiger partial charge in [0.2, 0.25) is 5.91 Å². The Balaban J connectivity index is 1.70. The van der Waals surface area contributed by atoms with Crippen molar-refractivity contribution in [1.29, 1.82) is 0 Å². The zero-order valence-electron chi connectivity index (χ0n) is 18.3. The third kappa shape index (κ3) is 5.64. The number of ether oxygens (including phenoxy) is 1. The van der Waals surface area contributed by atoms with Crippen LogP contribution in [0.2, 0.25) is 0 Å². The van der Waals surface area contributed by atoms with Gasteiger partial charge in [-0.25, -0.2) is 4.98 Å². The number of aryl methyl sites for hydroxylation is 1. The summed E-state index contributed by atoms with van der Waals surface area (Å²) in [5, 5.41) is 0.914. The third-order valence-corrected chi connectivity index (χ3v) is 6.41. The van der Waals surface area contributed by atoms with Crippen molar-refractivity contribution in [2.24, 2.45) is 0 Å². The van der Waals surface area contributed by atoms with Crippen LogP contribution in [0.1, 0.15) is 50.6 Å². The topological polar surface area (TPSA) is 47.4 Å². The highest BCUT2D eigenvalue weighted by molar-refractivity contribution is 7.99. The molecule has 6 heteroatoms. The van der Waals surface area contributed by atoms with E-state index >= 15 is 0 Å². The number of carbonyl (C=O) groups excluding carboxylic acids is 1. The second kappa shape index (κ2) is 9.35. The van der Waals surface area contributed by atoms with Gasteiger partial charge in [-0.05, 0) is 53.0 Å². The first kappa shape index (κ1) is 21.9. The molecule has 29 heavy (non-hydrogen) atoms. The van der Waals surface area contributed by atoms with Crippen LogP contribution in [0.3, 0.4) is 0 Å². The van der Waals surface area contributed by atoms with Crippen molar-refractivity contribution in [2.75, 3.05) is 12.4 Å². The molecule has 0 bridgehead atoms. The molecule has 1 aromatic heterocycles. The smallest absolute Gasteiger partial charge is 0.233 e. The number of nitrogens with zero attached hydrogens (tertiary/aromatic N) is 3. The van der Waals surface area contributed by atoms with Crippen LogP contribution in [-0.2, 0) is 22.6 Å². The molecule has 1 aliphatic heterocycles. The van der Waals surface area contributed by atoms with E-state index < -0.39 is 0 Å². The first-order valence-electron chi connectivity index (χ1n) is 10.4. The van der Waals surface area contributed by atoms with E-state index in [1.165, 1.54) is 11.8 Å². The van der Waals surface area contributed by atoms with Gasteiger partial charge in [0.25, 0.3) is 0 Å². The van der Waals surface area contributed by atoms with Gasteiger partial charge in [0.1, 0.15) is 0 Å². The van der Waals surface area contributed by atoms with Crippen molar-refractivity contribution < 1.29 is 9.53 Å². The van der Waals surface area contributed by atoms with Crippen LogP contribution < -0.4 is 0 Å². The Hall–Kier alpha value is -1.79. The number of carbonyl (C=O) groups is 1. The lowest BCUT2D eigenvalue weighted by atomic mass is 10.0. The number of hydrogen-bond acceptors (Lipinski definition) is 4. The van der Waals surface area contributed by atoms with Crippen LogP contribution in [0.4, 0.5) is 0 Å². The maximum atomic E-state index is 13.2. The Morgan fingerprint density at radius 3 is 2.62 bits per heavy atom. The number of amides is 1. The summed E-state index contributed by atoms with van der Waals surface area (Å²) in [6.07, 6.45) is 2.47. The van der Waals surface area contributed by atoms with Crippen molar-refractivity contribution in [3.8, 4) is 0 Å². The van der Waals surface area contributed by atoms with Gasteiger partial charge in [-0.2, -0.15) is 0 Å². The molecule has 1 unspecified atom stereocenters. The van der Waals surface area contributed by atoms with Crippen LogP contribution in [0, 0.1) is 13.8 Å². The van der Waals surface area contributed by atoms with Crippen molar-refractivity contribution in [3.63, 3.8) is 0 Å². The summed E-state index contributed by atoms with van der Waals surface area (Å²) in [4.78, 5) is 19.8. The van der Waals surface area contributed by atoms with Crippen LogP contribution in [0.5, 0.6) is 0 Å². The summed E-state index contributed by atoms with van der Waals surface area (Å²) in [5.41, 5.74) is 3.08. The first-order valence-corrected chi connectivity index (χ1v) is 11.4. The number of imidazole rings is 1. The van der Waals surface area contributed by atoms with Gasteiger partial charge in [-0.3, -0.25) is 4.79 Å². The molecule has 1 aliphatic rings. The summed E-state index contributed by atoms with van der Waals surface area (Å²) >= 11 is 1.53. The fourth-order valence-electron chi connectivity index (χ4n) is 3.61. The highest BCUT2D eigenvalue weighted by atomic mass is 32.2.